The zero-order valence-corrected chi connectivity index (χ0v) is 7.15. The molecule has 0 aliphatic heterocycles. The molecule has 56 valence electrons. The van der Waals surface area contributed by atoms with Crippen LogP contribution in [-0.2, 0) is 0 Å². The summed E-state index contributed by atoms with van der Waals surface area (Å²) in [5, 5.41) is 0. The van der Waals surface area contributed by atoms with Gasteiger partial charge >= 0.3 is 0 Å². The summed E-state index contributed by atoms with van der Waals surface area (Å²) in [6, 6.07) is 0. The third kappa shape index (κ3) is 18.3. The van der Waals surface area contributed by atoms with Gasteiger partial charge in [-0.3, -0.25) is 0 Å². The van der Waals surface area contributed by atoms with Crippen LogP contribution in [0.15, 0.2) is 12.7 Å². The molecule has 0 rings (SSSR count). The van der Waals surface area contributed by atoms with E-state index in [1.54, 1.807) is 0 Å². The average molecular weight is 129 g/mol. The molecule has 1 heteroatoms. The Kier molecular flexibility index (Phi) is 13.6. The molecule has 0 atom stereocenters. The fraction of sp³-hybridized carbons (Fsp3) is 0.750. The van der Waals surface area contributed by atoms with Crippen LogP contribution >= 0.6 is 0 Å². The van der Waals surface area contributed by atoms with Gasteiger partial charge in [0.1, 0.15) is 0 Å². The highest BCUT2D eigenvalue weighted by atomic mass is 15.0. The van der Waals surface area contributed by atoms with E-state index in [-0.39, 0.29) is 0 Å². The highest BCUT2D eigenvalue weighted by Crippen LogP contribution is 1.80. The number of hydrogen-bond donors (Lipinski definition) is 0. The molecule has 0 amide bonds. The van der Waals surface area contributed by atoms with Crippen LogP contribution in [0.2, 0.25) is 0 Å². The van der Waals surface area contributed by atoms with Crippen LogP contribution in [0, 0.1) is 0 Å². The van der Waals surface area contributed by atoms with Gasteiger partial charge in [-0.1, -0.05) is 19.9 Å². The molecular formula is C8H19N. The Morgan fingerprint density at radius 1 is 1.33 bits per heavy atom. The van der Waals surface area contributed by atoms with Gasteiger partial charge in [-0.25, -0.2) is 0 Å². The first-order valence-corrected chi connectivity index (χ1v) is 3.53. The lowest BCUT2D eigenvalue weighted by molar-refractivity contribution is 0.417. The summed E-state index contributed by atoms with van der Waals surface area (Å²) in [6.07, 6.45) is 3.02. The van der Waals surface area contributed by atoms with Crippen LogP contribution in [0.1, 0.15) is 20.3 Å². The van der Waals surface area contributed by atoms with E-state index in [1.165, 1.54) is 0 Å². The van der Waals surface area contributed by atoms with Crippen LogP contribution in [0.5, 0.6) is 0 Å². The fourth-order valence-corrected chi connectivity index (χ4v) is 0.349. The first-order chi connectivity index (χ1) is 4.27. The maximum atomic E-state index is 3.61. The normalized spacial score (nSPS) is 8.11. The molecule has 0 radical (unpaired) electrons. The molecule has 0 N–H and O–H groups in total. The van der Waals surface area contributed by atoms with Gasteiger partial charge in [0.15, 0.2) is 0 Å². The van der Waals surface area contributed by atoms with E-state index in [4.69, 9.17) is 0 Å². The third-order valence-corrected chi connectivity index (χ3v) is 0.780. The van der Waals surface area contributed by atoms with Crippen LogP contribution in [0.4, 0.5) is 0 Å². The summed E-state index contributed by atoms with van der Waals surface area (Å²) in [7, 11) is 4.12. The predicted octanol–water partition coefficient (Wildman–Crippen LogP) is 2.15. The maximum Gasteiger partial charge on any atom is 0.000970 e. The van der Waals surface area contributed by atoms with Crippen molar-refractivity contribution in [3.05, 3.63) is 12.7 Å². The predicted molar refractivity (Wildman–Crippen MR) is 44.7 cm³/mol. The Hall–Kier alpha value is -0.300. The lowest BCUT2D eigenvalue weighted by atomic mass is 10.4. The molecule has 0 aromatic heterocycles. The van der Waals surface area contributed by atoms with Gasteiger partial charge < -0.3 is 4.90 Å². The highest BCUT2D eigenvalue weighted by Gasteiger charge is 1.81. The van der Waals surface area contributed by atoms with Crippen LogP contribution in [0.3, 0.4) is 0 Å². The molecule has 0 aliphatic rings. The van der Waals surface area contributed by atoms with Gasteiger partial charge in [-0.2, -0.15) is 0 Å². The monoisotopic (exact) mass is 129 g/mol. The lowest BCUT2D eigenvalue weighted by Gasteiger charge is -2.04. The number of hydrogen-bond acceptors (Lipinski definition) is 1. The molecule has 1 nitrogen and oxygen atoms in total. The Labute approximate surface area is 59.4 Å². The number of nitrogens with zero attached hydrogens (tertiary/aromatic N) is 1. The van der Waals surface area contributed by atoms with Crippen molar-refractivity contribution in [3.63, 3.8) is 0 Å². The second-order valence-electron chi connectivity index (χ2n) is 1.88. The van der Waals surface area contributed by atoms with Crippen LogP contribution in [-0.4, -0.2) is 25.5 Å². The first kappa shape index (κ1) is 11.5. The second kappa shape index (κ2) is 10.6. The van der Waals surface area contributed by atoms with E-state index in [0.717, 1.165) is 13.0 Å². The van der Waals surface area contributed by atoms with E-state index in [2.05, 4.69) is 25.6 Å². The molecule has 0 spiro atoms. The topological polar surface area (TPSA) is 3.24 Å². The molecule has 0 aromatic rings. The van der Waals surface area contributed by atoms with Crippen molar-refractivity contribution in [2.45, 2.75) is 20.3 Å². The van der Waals surface area contributed by atoms with Gasteiger partial charge in [0.05, 0.1) is 0 Å². The van der Waals surface area contributed by atoms with Crippen molar-refractivity contribution in [1.82, 2.24) is 4.90 Å². The van der Waals surface area contributed by atoms with E-state index in [9.17, 15) is 0 Å². The van der Waals surface area contributed by atoms with E-state index < -0.39 is 0 Å². The second-order valence-corrected chi connectivity index (χ2v) is 1.88. The van der Waals surface area contributed by atoms with Gasteiger partial charge in [0.25, 0.3) is 0 Å². The summed E-state index contributed by atoms with van der Waals surface area (Å²) < 4.78 is 0. The molecule has 0 saturated carbocycles. The van der Waals surface area contributed by atoms with Gasteiger partial charge in [-0.05, 0) is 20.5 Å². The van der Waals surface area contributed by atoms with Gasteiger partial charge in [0, 0.05) is 6.54 Å². The number of rotatable bonds is 3. The molecule has 0 bridgehead atoms. The van der Waals surface area contributed by atoms with Crippen LogP contribution < -0.4 is 0 Å². The zero-order valence-electron chi connectivity index (χ0n) is 7.15. The summed E-state index contributed by atoms with van der Waals surface area (Å²) in [5.74, 6) is 0. The molecule has 0 aliphatic carbocycles. The lowest BCUT2D eigenvalue weighted by Crippen LogP contribution is -2.11. The Morgan fingerprint density at radius 2 is 1.78 bits per heavy atom. The third-order valence-electron chi connectivity index (χ3n) is 0.780. The van der Waals surface area contributed by atoms with E-state index in [1.807, 2.05) is 19.9 Å². The zero-order chi connectivity index (χ0) is 7.70. The van der Waals surface area contributed by atoms with Crippen molar-refractivity contribution in [1.29, 1.82) is 0 Å². The minimum Gasteiger partial charge on any atom is -0.309 e. The van der Waals surface area contributed by atoms with Crippen molar-refractivity contribution < 1.29 is 0 Å². The minimum absolute atomic E-state index is 1.09. The van der Waals surface area contributed by atoms with Crippen molar-refractivity contribution in [2.75, 3.05) is 20.6 Å². The maximum absolute atomic E-state index is 3.61. The Morgan fingerprint density at radius 3 is 1.89 bits per heavy atom. The van der Waals surface area contributed by atoms with Crippen molar-refractivity contribution >= 4 is 0 Å². The molecule has 0 saturated heterocycles. The van der Waals surface area contributed by atoms with Crippen LogP contribution in [0.25, 0.3) is 0 Å². The van der Waals surface area contributed by atoms with Crippen molar-refractivity contribution in [2.24, 2.45) is 0 Å². The van der Waals surface area contributed by atoms with Gasteiger partial charge in [0.2, 0.25) is 0 Å². The molecule has 0 heterocycles. The van der Waals surface area contributed by atoms with Gasteiger partial charge in [-0.15, -0.1) is 6.58 Å². The SMILES string of the molecule is C=CCCN(C)C.CC. The summed E-state index contributed by atoms with van der Waals surface area (Å²) in [4.78, 5) is 2.14. The minimum atomic E-state index is 1.09. The molecule has 9 heavy (non-hydrogen) atoms. The Bertz CT molecular complexity index is 48.5. The molecule has 0 fully saturated rings. The quantitative estimate of drug-likeness (QED) is 0.528. The van der Waals surface area contributed by atoms with Crippen molar-refractivity contribution in [3.8, 4) is 0 Å². The standard InChI is InChI=1S/C6H13N.C2H6/c1-4-5-6-7(2)3;1-2/h4H,1,5-6H2,2-3H3;1-2H3. The van der Waals surface area contributed by atoms with E-state index >= 15 is 0 Å². The summed E-state index contributed by atoms with van der Waals surface area (Å²) >= 11 is 0. The largest absolute Gasteiger partial charge is 0.309 e. The Balaban J connectivity index is 0. The average Bonchev–Trinajstić information content (AvgIpc) is 1.88. The molecule has 0 unspecified atom stereocenters. The first-order valence-electron chi connectivity index (χ1n) is 3.53. The molecular weight excluding hydrogens is 110 g/mol. The highest BCUT2D eigenvalue weighted by molar-refractivity contribution is 4.66. The smallest absolute Gasteiger partial charge is 0.000970 e. The summed E-state index contributed by atoms with van der Waals surface area (Å²) in [6.45, 7) is 8.72. The summed E-state index contributed by atoms with van der Waals surface area (Å²) in [5.41, 5.74) is 0. The molecule has 0 aromatic carbocycles. The fourth-order valence-electron chi connectivity index (χ4n) is 0.349. The van der Waals surface area contributed by atoms with E-state index in [0.29, 0.717) is 0 Å².